The van der Waals surface area contributed by atoms with Gasteiger partial charge in [-0.2, -0.15) is 0 Å². The van der Waals surface area contributed by atoms with Crippen molar-refractivity contribution < 1.29 is 17.9 Å². The van der Waals surface area contributed by atoms with Crippen LogP contribution in [-0.2, 0) is 21.2 Å². The number of rotatable bonds is 6. The standard InChI is InChI=1S/C17H19ClN2O4S/c1-12(11-23-2)24-16-4-3-14(18)9-17(16)25(21,22)20-8-6-13-10-19-7-5-15(13)20/h3-5,7,9-10,12H,6,8,11H2,1-2H3/t12-/m1/s1. The number of hydrogen-bond acceptors (Lipinski definition) is 5. The van der Waals surface area contributed by atoms with E-state index in [2.05, 4.69) is 4.98 Å². The summed E-state index contributed by atoms with van der Waals surface area (Å²) in [5.74, 6) is 0.261. The molecular weight excluding hydrogens is 364 g/mol. The van der Waals surface area contributed by atoms with Crippen molar-refractivity contribution in [2.45, 2.75) is 24.3 Å². The molecule has 1 aromatic heterocycles. The molecule has 0 saturated carbocycles. The minimum Gasteiger partial charge on any atom is -0.487 e. The van der Waals surface area contributed by atoms with Crippen LogP contribution in [0, 0.1) is 0 Å². The number of benzene rings is 1. The van der Waals surface area contributed by atoms with Crippen molar-refractivity contribution in [1.29, 1.82) is 0 Å². The lowest BCUT2D eigenvalue weighted by atomic mass is 10.2. The van der Waals surface area contributed by atoms with Gasteiger partial charge in [0.2, 0.25) is 0 Å². The van der Waals surface area contributed by atoms with E-state index in [4.69, 9.17) is 21.1 Å². The maximum absolute atomic E-state index is 13.2. The van der Waals surface area contributed by atoms with Gasteiger partial charge in [-0.3, -0.25) is 9.29 Å². The summed E-state index contributed by atoms with van der Waals surface area (Å²) >= 11 is 6.05. The molecule has 0 bridgehead atoms. The van der Waals surface area contributed by atoms with Crippen LogP contribution in [0.1, 0.15) is 12.5 Å². The van der Waals surface area contributed by atoms with Gasteiger partial charge < -0.3 is 9.47 Å². The summed E-state index contributed by atoms with van der Waals surface area (Å²) in [5, 5.41) is 0.333. The molecule has 6 nitrogen and oxygen atoms in total. The predicted molar refractivity (Wildman–Crippen MR) is 95.9 cm³/mol. The van der Waals surface area contributed by atoms with Gasteiger partial charge >= 0.3 is 0 Å². The van der Waals surface area contributed by atoms with Gasteiger partial charge in [0.05, 0.1) is 12.3 Å². The monoisotopic (exact) mass is 382 g/mol. The number of nitrogens with zero attached hydrogens (tertiary/aromatic N) is 2. The van der Waals surface area contributed by atoms with Gasteiger partial charge in [-0.05, 0) is 43.2 Å². The Bertz CT molecular complexity index is 873. The molecule has 1 aliphatic heterocycles. The second kappa shape index (κ2) is 7.19. The third kappa shape index (κ3) is 3.58. The van der Waals surface area contributed by atoms with Crippen LogP contribution >= 0.6 is 11.6 Å². The van der Waals surface area contributed by atoms with Gasteiger partial charge in [-0.25, -0.2) is 8.42 Å². The van der Waals surface area contributed by atoms with E-state index >= 15 is 0 Å². The summed E-state index contributed by atoms with van der Waals surface area (Å²) in [5.41, 5.74) is 1.55. The van der Waals surface area contributed by atoms with Crippen molar-refractivity contribution in [3.63, 3.8) is 0 Å². The average Bonchev–Trinajstić information content (AvgIpc) is 3.01. The van der Waals surface area contributed by atoms with Crippen molar-refractivity contribution in [2.75, 3.05) is 24.6 Å². The Balaban J connectivity index is 2.02. The molecule has 8 heteroatoms. The Morgan fingerprint density at radius 1 is 1.36 bits per heavy atom. The molecule has 0 aliphatic carbocycles. The second-order valence-electron chi connectivity index (χ2n) is 5.81. The van der Waals surface area contributed by atoms with Crippen molar-refractivity contribution in [1.82, 2.24) is 4.98 Å². The number of sulfonamides is 1. The van der Waals surface area contributed by atoms with Gasteiger partial charge in [-0.1, -0.05) is 11.6 Å². The number of hydrogen-bond donors (Lipinski definition) is 0. The van der Waals surface area contributed by atoms with E-state index < -0.39 is 10.0 Å². The van der Waals surface area contributed by atoms with E-state index in [0.29, 0.717) is 30.3 Å². The fourth-order valence-electron chi connectivity index (χ4n) is 2.83. The Kier molecular flexibility index (Phi) is 5.17. The van der Waals surface area contributed by atoms with Gasteiger partial charge in [0.15, 0.2) is 0 Å². The van der Waals surface area contributed by atoms with Crippen LogP contribution in [0.15, 0.2) is 41.6 Å². The predicted octanol–water partition coefficient (Wildman–Crippen LogP) is 2.90. The number of fused-ring (bicyclic) bond motifs is 1. The highest BCUT2D eigenvalue weighted by Gasteiger charge is 2.33. The molecule has 134 valence electrons. The Morgan fingerprint density at radius 2 is 2.16 bits per heavy atom. The highest BCUT2D eigenvalue weighted by molar-refractivity contribution is 7.93. The smallest absolute Gasteiger partial charge is 0.268 e. The average molecular weight is 383 g/mol. The van der Waals surface area contributed by atoms with Crippen LogP contribution < -0.4 is 9.04 Å². The number of aromatic nitrogens is 1. The van der Waals surface area contributed by atoms with E-state index in [0.717, 1.165) is 5.56 Å². The Labute approximate surface area is 152 Å². The van der Waals surface area contributed by atoms with Crippen molar-refractivity contribution >= 4 is 27.3 Å². The van der Waals surface area contributed by atoms with Crippen LogP contribution in [0.3, 0.4) is 0 Å². The first-order chi connectivity index (χ1) is 11.9. The zero-order chi connectivity index (χ0) is 18.0. The molecule has 0 fully saturated rings. The number of ether oxygens (including phenoxy) is 2. The van der Waals surface area contributed by atoms with Gasteiger partial charge in [0.25, 0.3) is 10.0 Å². The molecule has 2 heterocycles. The lowest BCUT2D eigenvalue weighted by Crippen LogP contribution is -2.30. The first-order valence-electron chi connectivity index (χ1n) is 7.84. The molecule has 0 spiro atoms. The van der Waals surface area contributed by atoms with E-state index in [1.165, 1.54) is 10.4 Å². The summed E-state index contributed by atoms with van der Waals surface area (Å²) in [7, 11) is -2.25. The lowest BCUT2D eigenvalue weighted by Gasteiger charge is -2.23. The van der Waals surface area contributed by atoms with Crippen LogP contribution in [0.4, 0.5) is 5.69 Å². The maximum atomic E-state index is 13.2. The fraction of sp³-hybridized carbons (Fsp3) is 0.353. The molecule has 0 unspecified atom stereocenters. The molecule has 1 atom stereocenters. The Hall–Kier alpha value is -1.83. The zero-order valence-electron chi connectivity index (χ0n) is 14.0. The van der Waals surface area contributed by atoms with E-state index in [9.17, 15) is 8.42 Å². The molecule has 1 aliphatic rings. The molecule has 1 aromatic carbocycles. The topological polar surface area (TPSA) is 68.7 Å². The molecule has 2 aromatic rings. The quantitative estimate of drug-likeness (QED) is 0.768. The van der Waals surface area contributed by atoms with Gasteiger partial charge in [-0.15, -0.1) is 0 Å². The summed E-state index contributed by atoms with van der Waals surface area (Å²) in [6, 6.07) is 6.31. The summed E-state index contributed by atoms with van der Waals surface area (Å²) in [6.07, 6.45) is 3.61. The number of halogens is 1. The highest BCUT2D eigenvalue weighted by atomic mass is 35.5. The largest absolute Gasteiger partial charge is 0.487 e. The zero-order valence-corrected chi connectivity index (χ0v) is 15.5. The summed E-state index contributed by atoms with van der Waals surface area (Å²) in [6.45, 7) is 2.52. The molecule has 0 N–H and O–H groups in total. The van der Waals surface area contributed by atoms with Crippen molar-refractivity contribution in [2.24, 2.45) is 0 Å². The van der Waals surface area contributed by atoms with Crippen LogP contribution in [0.5, 0.6) is 5.75 Å². The lowest BCUT2D eigenvalue weighted by molar-refractivity contribution is 0.0901. The fourth-order valence-corrected chi connectivity index (χ4v) is 4.72. The van der Waals surface area contributed by atoms with E-state index in [-0.39, 0.29) is 16.7 Å². The van der Waals surface area contributed by atoms with E-state index in [1.54, 1.807) is 37.7 Å². The van der Waals surface area contributed by atoms with Crippen molar-refractivity contribution in [3.05, 3.63) is 47.2 Å². The second-order valence-corrected chi connectivity index (χ2v) is 8.07. The molecule has 0 amide bonds. The maximum Gasteiger partial charge on any atom is 0.268 e. The highest BCUT2D eigenvalue weighted by Crippen LogP contribution is 2.36. The molecule has 0 radical (unpaired) electrons. The van der Waals surface area contributed by atoms with Crippen molar-refractivity contribution in [3.8, 4) is 5.75 Å². The first-order valence-corrected chi connectivity index (χ1v) is 9.66. The molecule has 25 heavy (non-hydrogen) atoms. The van der Waals surface area contributed by atoms with E-state index in [1.807, 2.05) is 6.92 Å². The summed E-state index contributed by atoms with van der Waals surface area (Å²) in [4.78, 5) is 4.10. The molecule has 0 saturated heterocycles. The number of methoxy groups -OCH3 is 1. The van der Waals surface area contributed by atoms with Gasteiger partial charge in [0.1, 0.15) is 16.7 Å². The minimum absolute atomic E-state index is 0.0487. The third-order valence-corrected chi connectivity index (χ3v) is 6.00. The Morgan fingerprint density at radius 3 is 2.92 bits per heavy atom. The molecular formula is C17H19ClN2O4S. The van der Waals surface area contributed by atoms with Gasteiger partial charge in [0, 0.05) is 31.1 Å². The molecule has 3 rings (SSSR count). The minimum atomic E-state index is -3.81. The summed E-state index contributed by atoms with van der Waals surface area (Å²) < 4.78 is 38.7. The van der Waals surface area contributed by atoms with Crippen LogP contribution in [0.2, 0.25) is 5.02 Å². The van der Waals surface area contributed by atoms with Crippen LogP contribution in [-0.4, -0.2) is 39.8 Å². The SMILES string of the molecule is COC[C@@H](C)Oc1ccc(Cl)cc1S(=O)(=O)N1CCc2cnccc21. The number of anilines is 1. The first kappa shape index (κ1) is 18.0. The third-order valence-electron chi connectivity index (χ3n) is 3.93. The normalized spacial score (nSPS) is 15.1. The van der Waals surface area contributed by atoms with Crippen LogP contribution in [0.25, 0.3) is 0 Å². The number of pyridine rings is 1.